The van der Waals surface area contributed by atoms with Gasteiger partial charge in [-0.2, -0.15) is 0 Å². The molecular formula is C19H31NO. The summed E-state index contributed by atoms with van der Waals surface area (Å²) < 4.78 is 0. The Kier molecular flexibility index (Phi) is 5.38. The molecule has 3 aliphatic rings. The molecule has 118 valence electrons. The van der Waals surface area contributed by atoms with Crippen LogP contribution in [0.5, 0.6) is 0 Å². The Morgan fingerprint density at radius 3 is 1.76 bits per heavy atom. The van der Waals surface area contributed by atoms with Crippen LogP contribution in [0.1, 0.15) is 89.9 Å². The maximum absolute atomic E-state index is 12.2. The Morgan fingerprint density at radius 1 is 0.714 bits per heavy atom. The van der Waals surface area contributed by atoms with Crippen LogP contribution in [0, 0.1) is 0 Å². The van der Waals surface area contributed by atoms with E-state index in [9.17, 15) is 4.79 Å². The predicted octanol–water partition coefficient (Wildman–Crippen LogP) is 4.98. The van der Waals surface area contributed by atoms with Crippen LogP contribution < -0.4 is 0 Å². The van der Waals surface area contributed by atoms with Crippen LogP contribution in [0.3, 0.4) is 0 Å². The molecule has 0 heterocycles. The van der Waals surface area contributed by atoms with Gasteiger partial charge in [0.05, 0.1) is 0 Å². The van der Waals surface area contributed by atoms with Gasteiger partial charge < -0.3 is 4.90 Å². The highest BCUT2D eigenvalue weighted by Gasteiger charge is 2.28. The minimum Gasteiger partial charge on any atom is -0.371 e. The predicted molar refractivity (Wildman–Crippen MR) is 87.1 cm³/mol. The van der Waals surface area contributed by atoms with Gasteiger partial charge in [0, 0.05) is 30.3 Å². The average Bonchev–Trinajstić information content (AvgIpc) is 2.56. The zero-order valence-electron chi connectivity index (χ0n) is 13.5. The van der Waals surface area contributed by atoms with Gasteiger partial charge in [0.25, 0.3) is 0 Å². The van der Waals surface area contributed by atoms with Crippen molar-refractivity contribution in [2.24, 2.45) is 0 Å². The van der Waals surface area contributed by atoms with Crippen LogP contribution >= 0.6 is 0 Å². The number of nitrogens with zero attached hydrogens (tertiary/aromatic N) is 1. The molecule has 0 radical (unpaired) electrons. The number of carbonyl (C=O) groups is 1. The van der Waals surface area contributed by atoms with E-state index in [0.29, 0.717) is 17.9 Å². The highest BCUT2D eigenvalue weighted by molar-refractivity contribution is 5.95. The fraction of sp³-hybridized carbons (Fsp3) is 0.842. The summed E-state index contributed by atoms with van der Waals surface area (Å²) in [5, 5.41) is 0. The van der Waals surface area contributed by atoms with E-state index in [1.807, 2.05) is 0 Å². The first-order chi connectivity index (χ1) is 10.3. The van der Waals surface area contributed by atoms with E-state index in [2.05, 4.69) is 11.1 Å². The third-order valence-electron chi connectivity index (χ3n) is 5.76. The lowest BCUT2D eigenvalue weighted by Crippen LogP contribution is -2.42. The molecule has 3 aliphatic carbocycles. The number of allylic oxidation sites excluding steroid dienone is 1. The number of carbonyl (C=O) groups excluding carboxylic acids is 1. The minimum atomic E-state index is 0.429. The van der Waals surface area contributed by atoms with Crippen molar-refractivity contribution in [3.05, 3.63) is 11.8 Å². The fourth-order valence-electron chi connectivity index (χ4n) is 4.48. The summed E-state index contributed by atoms with van der Waals surface area (Å²) in [6.07, 6.45) is 20.1. The van der Waals surface area contributed by atoms with Crippen molar-refractivity contribution in [3.63, 3.8) is 0 Å². The monoisotopic (exact) mass is 289 g/mol. The first-order valence-electron chi connectivity index (χ1n) is 9.36. The van der Waals surface area contributed by atoms with Gasteiger partial charge in [-0.3, -0.25) is 4.79 Å². The van der Waals surface area contributed by atoms with Crippen molar-refractivity contribution < 1.29 is 4.79 Å². The van der Waals surface area contributed by atoms with Gasteiger partial charge in [-0.15, -0.1) is 0 Å². The zero-order valence-corrected chi connectivity index (χ0v) is 13.5. The second kappa shape index (κ2) is 7.47. The van der Waals surface area contributed by atoms with E-state index in [1.165, 1.54) is 70.6 Å². The van der Waals surface area contributed by atoms with Crippen molar-refractivity contribution in [2.45, 2.75) is 102 Å². The van der Waals surface area contributed by atoms with Gasteiger partial charge in [0.2, 0.25) is 0 Å². The van der Waals surface area contributed by atoms with Crippen molar-refractivity contribution in [1.82, 2.24) is 4.90 Å². The fourth-order valence-corrected chi connectivity index (χ4v) is 4.48. The van der Waals surface area contributed by atoms with E-state index in [-0.39, 0.29) is 0 Å². The second-order valence-electron chi connectivity index (χ2n) is 7.32. The number of hydrogen-bond donors (Lipinski definition) is 0. The zero-order chi connectivity index (χ0) is 14.5. The van der Waals surface area contributed by atoms with Crippen LogP contribution in [0.25, 0.3) is 0 Å². The summed E-state index contributed by atoms with van der Waals surface area (Å²) in [4.78, 5) is 14.9. The van der Waals surface area contributed by atoms with Crippen LogP contribution in [-0.2, 0) is 4.79 Å². The smallest absolute Gasteiger partial charge is 0.160 e. The summed E-state index contributed by atoms with van der Waals surface area (Å²) in [7, 11) is 0. The molecule has 0 aromatic rings. The quantitative estimate of drug-likeness (QED) is 0.683. The lowest BCUT2D eigenvalue weighted by molar-refractivity contribution is -0.116. The molecule has 3 saturated carbocycles. The van der Waals surface area contributed by atoms with E-state index in [1.54, 1.807) is 0 Å². The summed E-state index contributed by atoms with van der Waals surface area (Å²) in [6.45, 7) is 0. The SMILES string of the molecule is O=C1CCCCC1=CN(C1CCCCC1)C1CCCCC1. The Morgan fingerprint density at radius 2 is 1.24 bits per heavy atom. The molecule has 0 bridgehead atoms. The summed E-state index contributed by atoms with van der Waals surface area (Å²) >= 11 is 0. The Labute approximate surface area is 130 Å². The molecule has 0 aromatic heterocycles. The van der Waals surface area contributed by atoms with E-state index >= 15 is 0 Å². The lowest BCUT2D eigenvalue weighted by Gasteiger charge is -2.42. The molecule has 0 amide bonds. The van der Waals surface area contributed by atoms with Gasteiger partial charge in [-0.25, -0.2) is 0 Å². The third-order valence-corrected chi connectivity index (χ3v) is 5.76. The van der Waals surface area contributed by atoms with Crippen LogP contribution in [0.4, 0.5) is 0 Å². The van der Waals surface area contributed by atoms with Crippen molar-refractivity contribution >= 4 is 5.78 Å². The summed E-state index contributed by atoms with van der Waals surface area (Å²) in [5.41, 5.74) is 1.14. The van der Waals surface area contributed by atoms with Gasteiger partial charge in [0.1, 0.15) is 0 Å². The van der Waals surface area contributed by atoms with Crippen LogP contribution in [0.15, 0.2) is 11.8 Å². The standard InChI is InChI=1S/C19H31NO/c21-19-14-8-7-9-16(19)15-20(17-10-3-1-4-11-17)18-12-5-2-6-13-18/h15,17-18H,1-14H2. The van der Waals surface area contributed by atoms with E-state index in [0.717, 1.165) is 24.8 Å². The highest BCUT2D eigenvalue weighted by atomic mass is 16.1. The molecule has 0 saturated heterocycles. The molecule has 0 atom stereocenters. The van der Waals surface area contributed by atoms with Gasteiger partial charge >= 0.3 is 0 Å². The molecule has 0 unspecified atom stereocenters. The molecule has 3 rings (SSSR count). The Bertz CT molecular complexity index is 357. The number of hydrogen-bond acceptors (Lipinski definition) is 2. The maximum atomic E-state index is 12.2. The Hall–Kier alpha value is -0.790. The minimum absolute atomic E-state index is 0.429. The first-order valence-corrected chi connectivity index (χ1v) is 9.36. The molecule has 0 N–H and O–H groups in total. The van der Waals surface area contributed by atoms with Gasteiger partial charge in [0.15, 0.2) is 5.78 Å². The lowest BCUT2D eigenvalue weighted by atomic mass is 9.88. The van der Waals surface area contributed by atoms with E-state index < -0.39 is 0 Å². The summed E-state index contributed by atoms with van der Waals surface area (Å²) in [5.74, 6) is 0.429. The molecule has 0 spiro atoms. The number of Topliss-reactive ketones (excluding diaryl/α,β-unsaturated/α-hetero) is 1. The highest BCUT2D eigenvalue weighted by Crippen LogP contribution is 2.32. The van der Waals surface area contributed by atoms with Crippen molar-refractivity contribution in [3.8, 4) is 0 Å². The normalized spacial score (nSPS) is 28.0. The van der Waals surface area contributed by atoms with Gasteiger partial charge in [-0.05, 0) is 44.9 Å². The Balaban J connectivity index is 1.76. The van der Waals surface area contributed by atoms with Crippen LogP contribution in [0.2, 0.25) is 0 Å². The maximum Gasteiger partial charge on any atom is 0.160 e. The first kappa shape index (κ1) is 15.1. The molecule has 2 nitrogen and oxygen atoms in total. The largest absolute Gasteiger partial charge is 0.371 e. The number of rotatable bonds is 3. The van der Waals surface area contributed by atoms with Crippen molar-refractivity contribution in [2.75, 3.05) is 0 Å². The molecule has 0 aliphatic heterocycles. The molecule has 3 fully saturated rings. The third kappa shape index (κ3) is 3.90. The topological polar surface area (TPSA) is 20.3 Å². The van der Waals surface area contributed by atoms with E-state index in [4.69, 9.17) is 0 Å². The van der Waals surface area contributed by atoms with Gasteiger partial charge in [-0.1, -0.05) is 38.5 Å². The summed E-state index contributed by atoms with van der Waals surface area (Å²) in [6, 6.07) is 1.42. The number of ketones is 1. The van der Waals surface area contributed by atoms with Crippen molar-refractivity contribution in [1.29, 1.82) is 0 Å². The molecule has 0 aromatic carbocycles. The molecule has 21 heavy (non-hydrogen) atoms. The van der Waals surface area contributed by atoms with Crippen LogP contribution in [-0.4, -0.2) is 22.8 Å². The second-order valence-corrected chi connectivity index (χ2v) is 7.32. The molecular weight excluding hydrogens is 258 g/mol. The molecule has 2 heteroatoms. The average molecular weight is 289 g/mol.